The Morgan fingerprint density at radius 1 is 1.09 bits per heavy atom. The molecule has 0 spiro atoms. The Balaban J connectivity index is 1.43. The molecule has 5 nitrogen and oxygen atoms in total. The topological polar surface area (TPSA) is 53.1 Å². The molecular weight excluding hydrogens is 450 g/mol. The fourth-order valence-corrected chi connectivity index (χ4v) is 5.90. The van der Waals surface area contributed by atoms with Gasteiger partial charge in [-0.3, -0.25) is 0 Å². The molecule has 2 atom stereocenters. The van der Waals surface area contributed by atoms with Crippen molar-refractivity contribution in [1.29, 1.82) is 0 Å². The van der Waals surface area contributed by atoms with Crippen molar-refractivity contribution in [3.05, 3.63) is 46.6 Å². The van der Waals surface area contributed by atoms with E-state index in [0.29, 0.717) is 22.9 Å². The van der Waals surface area contributed by atoms with E-state index in [1.807, 2.05) is 19.1 Å². The van der Waals surface area contributed by atoms with Crippen LogP contribution in [0.15, 0.2) is 30.3 Å². The van der Waals surface area contributed by atoms with Gasteiger partial charge in [0.15, 0.2) is 5.11 Å². The number of aryl methyl sites for hydroxylation is 1. The summed E-state index contributed by atoms with van der Waals surface area (Å²) in [6.45, 7) is 9.51. The molecule has 33 heavy (non-hydrogen) atoms. The van der Waals surface area contributed by atoms with Crippen LogP contribution in [0.2, 0.25) is 5.02 Å². The lowest BCUT2D eigenvalue weighted by atomic mass is 9.69. The second kappa shape index (κ2) is 10.6. The van der Waals surface area contributed by atoms with Crippen LogP contribution in [0.4, 0.5) is 11.8 Å². The maximum Gasteiger partial charge on any atom is 0.231 e. The molecule has 0 unspecified atom stereocenters. The first-order valence-electron chi connectivity index (χ1n) is 12.2. The Labute approximate surface area is 208 Å². The molecule has 1 saturated carbocycles. The third-order valence-electron chi connectivity index (χ3n) is 7.11. The molecule has 2 aliphatic rings. The van der Waals surface area contributed by atoms with Gasteiger partial charge in [0.25, 0.3) is 0 Å². The predicted octanol–water partition coefficient (Wildman–Crippen LogP) is 6.11. The van der Waals surface area contributed by atoms with Crippen LogP contribution in [0, 0.1) is 18.8 Å². The second-order valence-corrected chi connectivity index (χ2v) is 11.0. The predicted molar refractivity (Wildman–Crippen MR) is 142 cm³/mol. The molecule has 1 aliphatic heterocycles. The highest BCUT2D eigenvalue weighted by Gasteiger charge is 2.34. The maximum absolute atomic E-state index is 6.15. The van der Waals surface area contributed by atoms with Crippen LogP contribution in [0.25, 0.3) is 0 Å². The van der Waals surface area contributed by atoms with E-state index in [2.05, 4.69) is 52.6 Å². The van der Waals surface area contributed by atoms with Crippen LogP contribution < -0.4 is 15.5 Å². The summed E-state index contributed by atoms with van der Waals surface area (Å²) in [7, 11) is 0. The maximum atomic E-state index is 6.15. The van der Waals surface area contributed by atoms with Crippen molar-refractivity contribution in [3.8, 4) is 0 Å². The summed E-state index contributed by atoms with van der Waals surface area (Å²) in [6, 6.07) is 10.4. The average Bonchev–Trinajstić information content (AvgIpc) is 2.78. The highest BCUT2D eigenvalue weighted by molar-refractivity contribution is 7.80. The quantitative estimate of drug-likeness (QED) is 0.498. The third kappa shape index (κ3) is 6.15. The van der Waals surface area contributed by atoms with Crippen molar-refractivity contribution in [2.45, 2.75) is 64.7 Å². The van der Waals surface area contributed by atoms with Gasteiger partial charge >= 0.3 is 0 Å². The Morgan fingerprint density at radius 3 is 2.42 bits per heavy atom. The highest BCUT2D eigenvalue weighted by atomic mass is 35.5. The van der Waals surface area contributed by atoms with Crippen LogP contribution in [0.5, 0.6) is 0 Å². The van der Waals surface area contributed by atoms with E-state index in [-0.39, 0.29) is 5.41 Å². The summed E-state index contributed by atoms with van der Waals surface area (Å²) in [4.78, 5) is 11.8. The molecule has 4 rings (SSSR count). The van der Waals surface area contributed by atoms with Crippen LogP contribution in [0.3, 0.4) is 0 Å². The molecule has 1 saturated heterocycles. The first-order valence-corrected chi connectivity index (χ1v) is 13.0. The summed E-state index contributed by atoms with van der Waals surface area (Å²) in [5.74, 6) is 2.89. The first kappa shape index (κ1) is 24.2. The molecule has 0 radical (unpaired) electrons. The molecular formula is C26H36ClN5S. The van der Waals surface area contributed by atoms with Gasteiger partial charge in [0.1, 0.15) is 5.82 Å². The molecule has 1 aliphatic carbocycles. The van der Waals surface area contributed by atoms with Gasteiger partial charge in [-0.05, 0) is 67.9 Å². The summed E-state index contributed by atoms with van der Waals surface area (Å²) < 4.78 is 0. The normalized spacial score (nSPS) is 22.6. The van der Waals surface area contributed by atoms with Gasteiger partial charge in [-0.2, -0.15) is 4.98 Å². The van der Waals surface area contributed by atoms with E-state index in [4.69, 9.17) is 28.8 Å². The number of benzene rings is 1. The van der Waals surface area contributed by atoms with Gasteiger partial charge in [0.05, 0.1) is 0 Å². The number of thiocarbonyl (C=S) groups is 1. The van der Waals surface area contributed by atoms with E-state index < -0.39 is 0 Å². The lowest BCUT2D eigenvalue weighted by Crippen LogP contribution is -2.43. The van der Waals surface area contributed by atoms with Gasteiger partial charge in [-0.1, -0.05) is 56.8 Å². The zero-order valence-electron chi connectivity index (χ0n) is 20.0. The largest absolute Gasteiger partial charge is 0.361 e. The number of halogens is 1. The van der Waals surface area contributed by atoms with Crippen LogP contribution in [-0.4, -0.2) is 34.7 Å². The number of nitrogens with one attached hydrogen (secondary N) is 2. The minimum atomic E-state index is 0.0767. The molecule has 0 amide bonds. The van der Waals surface area contributed by atoms with Gasteiger partial charge < -0.3 is 15.5 Å². The van der Waals surface area contributed by atoms with E-state index in [1.54, 1.807) is 0 Å². The highest BCUT2D eigenvalue weighted by Crippen LogP contribution is 2.39. The van der Waals surface area contributed by atoms with Crippen LogP contribution in [-0.2, 0) is 5.41 Å². The Bertz CT molecular complexity index is 948. The molecule has 178 valence electrons. The molecule has 2 N–H and O–H groups in total. The van der Waals surface area contributed by atoms with Crippen molar-refractivity contribution in [2.24, 2.45) is 11.8 Å². The van der Waals surface area contributed by atoms with Crippen molar-refractivity contribution in [2.75, 3.05) is 29.9 Å². The van der Waals surface area contributed by atoms with Gasteiger partial charge in [0, 0.05) is 41.8 Å². The standard InChI is InChI=1S/C26H36ClN5S/c1-18-13-19(2)16-32(15-18)23-14-20(3)29-24(30-23)31-25(33)28-17-26(11-5-4-6-12-26)21-7-9-22(27)10-8-21/h7-10,14,18-19H,4-6,11-13,15-17H2,1-3H3,(H2,28,29,30,31,33)/t18-,19+. The molecule has 1 aromatic heterocycles. The number of anilines is 2. The smallest absolute Gasteiger partial charge is 0.231 e. The molecule has 0 bridgehead atoms. The van der Waals surface area contributed by atoms with Gasteiger partial charge in [-0.15, -0.1) is 0 Å². The second-order valence-electron chi connectivity index (χ2n) is 10.2. The lowest BCUT2D eigenvalue weighted by Gasteiger charge is -2.38. The number of hydrogen-bond donors (Lipinski definition) is 2. The van der Waals surface area contributed by atoms with Crippen molar-refractivity contribution in [3.63, 3.8) is 0 Å². The Hall–Kier alpha value is -1.92. The Kier molecular flexibility index (Phi) is 7.75. The average molecular weight is 486 g/mol. The molecule has 2 aromatic rings. The summed E-state index contributed by atoms with van der Waals surface area (Å²) in [6.07, 6.45) is 7.35. The number of hydrogen-bond acceptors (Lipinski definition) is 4. The number of rotatable bonds is 5. The fraction of sp³-hybridized carbons (Fsp3) is 0.577. The SMILES string of the molecule is Cc1cc(N2C[C@H](C)C[C@H](C)C2)nc(NC(=S)NCC2(c3ccc(Cl)cc3)CCCCC2)n1. The lowest BCUT2D eigenvalue weighted by molar-refractivity contribution is 0.292. The van der Waals surface area contributed by atoms with Crippen LogP contribution in [0.1, 0.15) is 63.6 Å². The first-order chi connectivity index (χ1) is 15.8. The number of piperidine rings is 1. The van der Waals surface area contributed by atoms with Crippen molar-refractivity contribution < 1.29 is 0 Å². The summed E-state index contributed by atoms with van der Waals surface area (Å²) >= 11 is 11.8. The van der Waals surface area contributed by atoms with Gasteiger partial charge in [0.2, 0.25) is 5.95 Å². The van der Waals surface area contributed by atoms with E-state index >= 15 is 0 Å². The van der Waals surface area contributed by atoms with E-state index in [1.165, 1.54) is 31.2 Å². The third-order valence-corrected chi connectivity index (χ3v) is 7.61. The molecule has 2 heterocycles. The fourth-order valence-electron chi connectivity index (χ4n) is 5.61. The Morgan fingerprint density at radius 2 is 1.76 bits per heavy atom. The van der Waals surface area contributed by atoms with Gasteiger partial charge in [-0.25, -0.2) is 4.98 Å². The molecule has 2 fully saturated rings. The van der Waals surface area contributed by atoms with E-state index in [0.717, 1.165) is 49.0 Å². The minimum Gasteiger partial charge on any atom is -0.361 e. The molecule has 7 heteroatoms. The monoisotopic (exact) mass is 485 g/mol. The van der Waals surface area contributed by atoms with Crippen molar-refractivity contribution >= 4 is 40.7 Å². The van der Waals surface area contributed by atoms with E-state index in [9.17, 15) is 0 Å². The molecule has 1 aromatic carbocycles. The zero-order valence-corrected chi connectivity index (χ0v) is 21.6. The summed E-state index contributed by atoms with van der Waals surface area (Å²) in [5, 5.41) is 8.09. The van der Waals surface area contributed by atoms with Crippen LogP contribution >= 0.6 is 23.8 Å². The zero-order chi connectivity index (χ0) is 23.4. The number of nitrogens with zero attached hydrogens (tertiary/aromatic N) is 3. The summed E-state index contributed by atoms with van der Waals surface area (Å²) in [5.41, 5.74) is 2.36. The minimum absolute atomic E-state index is 0.0767. The number of aromatic nitrogens is 2. The van der Waals surface area contributed by atoms with Crippen molar-refractivity contribution in [1.82, 2.24) is 15.3 Å².